The summed E-state index contributed by atoms with van der Waals surface area (Å²) in [4.78, 5) is 0. The first-order valence-corrected chi connectivity index (χ1v) is 8.12. The zero-order chi connectivity index (χ0) is 11.2. The predicted octanol–water partition coefficient (Wildman–Crippen LogP) is 4.12. The monoisotopic (exact) mass is 236 g/mol. The predicted molar refractivity (Wildman–Crippen MR) is 70.9 cm³/mol. The van der Waals surface area contributed by atoms with Gasteiger partial charge in [-0.3, -0.25) is 0 Å². The van der Waals surface area contributed by atoms with Crippen molar-refractivity contribution in [2.75, 3.05) is 6.16 Å². The van der Waals surface area contributed by atoms with Gasteiger partial charge in [-0.15, -0.1) is 0 Å². The van der Waals surface area contributed by atoms with Crippen LogP contribution in [0.2, 0.25) is 0 Å². The van der Waals surface area contributed by atoms with Crippen molar-refractivity contribution >= 4 is 7.80 Å². The second-order valence-corrected chi connectivity index (χ2v) is 7.04. The number of rotatable bonds is 4. The van der Waals surface area contributed by atoms with Crippen LogP contribution >= 0.6 is 7.80 Å². The van der Waals surface area contributed by atoms with Gasteiger partial charge in [0.25, 0.3) is 0 Å². The molecule has 1 saturated carbocycles. The average molecular weight is 236 g/mol. The van der Waals surface area contributed by atoms with E-state index in [0.717, 1.165) is 12.6 Å². The van der Waals surface area contributed by atoms with Gasteiger partial charge in [-0.25, -0.2) is 0 Å². The summed E-state index contributed by atoms with van der Waals surface area (Å²) >= 11 is 0. The quantitative estimate of drug-likeness (QED) is 0.719. The molecule has 2 rings (SSSR count). The fraction of sp³-hybridized carbons (Fsp3) is 0.571. The van der Waals surface area contributed by atoms with E-state index >= 15 is 0 Å². The molecule has 0 N–H and O–H groups in total. The van der Waals surface area contributed by atoms with Gasteiger partial charge < -0.3 is 4.57 Å². The Morgan fingerprint density at radius 3 is 2.44 bits per heavy atom. The van der Waals surface area contributed by atoms with E-state index in [4.69, 9.17) is 0 Å². The highest BCUT2D eigenvalue weighted by Gasteiger charge is 2.18. The van der Waals surface area contributed by atoms with Crippen molar-refractivity contribution in [2.24, 2.45) is 0 Å². The molecule has 0 spiro atoms. The lowest BCUT2D eigenvalue weighted by molar-refractivity contribution is 0.491. The summed E-state index contributed by atoms with van der Waals surface area (Å²) in [6.07, 6.45) is 8.29. The first kappa shape index (κ1) is 11.9. The second-order valence-electron chi connectivity index (χ2n) is 4.79. The van der Waals surface area contributed by atoms with E-state index in [9.17, 15) is 4.57 Å². The summed E-state index contributed by atoms with van der Waals surface area (Å²) in [6.45, 7) is 0. The largest absolute Gasteiger partial charge is 0.327 e. The van der Waals surface area contributed by atoms with Crippen molar-refractivity contribution in [3.05, 3.63) is 35.9 Å². The molecule has 1 fully saturated rings. The van der Waals surface area contributed by atoms with Crippen LogP contribution in [0.4, 0.5) is 0 Å². The Labute approximate surface area is 99.0 Å². The van der Waals surface area contributed by atoms with E-state index in [1.807, 2.05) is 6.07 Å². The van der Waals surface area contributed by atoms with Gasteiger partial charge in [0.2, 0.25) is 0 Å². The number of hydrogen-bond acceptors (Lipinski definition) is 1. The van der Waals surface area contributed by atoms with Crippen LogP contribution in [0.15, 0.2) is 30.3 Å². The molecule has 1 unspecified atom stereocenters. The Kier molecular flexibility index (Phi) is 4.66. The molecule has 88 valence electrons. The minimum absolute atomic E-state index is 0.558. The highest BCUT2D eigenvalue weighted by Crippen LogP contribution is 2.38. The lowest BCUT2D eigenvalue weighted by atomic mass is 10.0. The van der Waals surface area contributed by atoms with Crippen molar-refractivity contribution in [3.8, 4) is 0 Å². The highest BCUT2D eigenvalue weighted by molar-refractivity contribution is 7.45. The van der Waals surface area contributed by atoms with Crippen LogP contribution in [0.5, 0.6) is 0 Å². The molecule has 0 aliphatic heterocycles. The number of aryl methyl sites for hydroxylation is 1. The molecule has 1 nitrogen and oxygen atoms in total. The summed E-state index contributed by atoms with van der Waals surface area (Å²) in [5.74, 6) is 0. The van der Waals surface area contributed by atoms with Crippen LogP contribution in [0.25, 0.3) is 0 Å². The van der Waals surface area contributed by atoms with E-state index in [1.165, 1.54) is 37.7 Å². The Morgan fingerprint density at radius 2 is 1.75 bits per heavy atom. The number of benzene rings is 1. The van der Waals surface area contributed by atoms with Crippen LogP contribution in [-0.2, 0) is 11.0 Å². The second kappa shape index (κ2) is 6.25. The maximum Gasteiger partial charge on any atom is 0.0794 e. The zero-order valence-corrected chi connectivity index (χ0v) is 10.8. The van der Waals surface area contributed by atoms with Crippen LogP contribution in [0.1, 0.15) is 37.7 Å². The third-order valence-electron chi connectivity index (χ3n) is 3.56. The van der Waals surface area contributed by atoms with E-state index in [-0.39, 0.29) is 0 Å². The molecule has 0 amide bonds. The van der Waals surface area contributed by atoms with Gasteiger partial charge in [-0.2, -0.15) is 0 Å². The molecule has 0 bridgehead atoms. The topological polar surface area (TPSA) is 17.1 Å². The van der Waals surface area contributed by atoms with Gasteiger partial charge in [-0.1, -0.05) is 49.6 Å². The van der Waals surface area contributed by atoms with Crippen molar-refractivity contribution in [2.45, 2.75) is 44.2 Å². The molecule has 1 atom stereocenters. The van der Waals surface area contributed by atoms with Crippen molar-refractivity contribution < 1.29 is 4.57 Å². The van der Waals surface area contributed by atoms with Crippen LogP contribution in [0.3, 0.4) is 0 Å². The molecule has 0 saturated heterocycles. The molecule has 16 heavy (non-hydrogen) atoms. The standard InChI is InChI=1S/C14H21OP/c15-16(14-9-5-2-6-10-14)12-11-13-7-3-1-4-8-13/h1,3-4,7-8,14,16H,2,5-6,9-12H2. The van der Waals surface area contributed by atoms with Crippen LogP contribution < -0.4 is 0 Å². The van der Waals surface area contributed by atoms with Gasteiger partial charge in [-0.05, 0) is 24.8 Å². The SMILES string of the molecule is O=[PH](CCc1ccccc1)C1CCCCC1. The molecule has 1 aromatic carbocycles. The summed E-state index contributed by atoms with van der Waals surface area (Å²) in [5.41, 5.74) is 1.89. The first-order valence-electron chi connectivity index (χ1n) is 6.43. The maximum atomic E-state index is 12.2. The minimum atomic E-state index is -1.34. The Balaban J connectivity index is 1.79. The van der Waals surface area contributed by atoms with Crippen LogP contribution in [0, 0.1) is 0 Å². The van der Waals surface area contributed by atoms with E-state index < -0.39 is 7.80 Å². The smallest absolute Gasteiger partial charge is 0.0794 e. The fourth-order valence-electron chi connectivity index (χ4n) is 2.54. The van der Waals surface area contributed by atoms with Crippen molar-refractivity contribution in [1.82, 2.24) is 0 Å². The Bertz CT molecular complexity index is 328. The highest BCUT2D eigenvalue weighted by atomic mass is 31.1. The molecule has 1 aliphatic carbocycles. The van der Waals surface area contributed by atoms with Crippen molar-refractivity contribution in [3.63, 3.8) is 0 Å². The minimum Gasteiger partial charge on any atom is -0.327 e. The Hall–Kier alpha value is -0.550. The molecular weight excluding hydrogens is 215 g/mol. The molecule has 0 radical (unpaired) electrons. The summed E-state index contributed by atoms with van der Waals surface area (Å²) in [7, 11) is -1.34. The Morgan fingerprint density at radius 1 is 1.06 bits per heavy atom. The van der Waals surface area contributed by atoms with Gasteiger partial charge in [0, 0.05) is 11.8 Å². The normalized spacial score (nSPS) is 19.5. The first-order chi connectivity index (χ1) is 7.86. The maximum absolute atomic E-state index is 12.2. The van der Waals surface area contributed by atoms with E-state index in [0.29, 0.717) is 5.66 Å². The number of hydrogen-bond donors (Lipinski definition) is 0. The molecule has 2 heteroatoms. The third kappa shape index (κ3) is 3.49. The fourth-order valence-corrected chi connectivity index (χ4v) is 4.54. The van der Waals surface area contributed by atoms with Gasteiger partial charge >= 0.3 is 0 Å². The molecule has 1 aliphatic rings. The van der Waals surface area contributed by atoms with Gasteiger partial charge in [0.1, 0.15) is 0 Å². The zero-order valence-electron chi connectivity index (χ0n) is 9.82. The van der Waals surface area contributed by atoms with E-state index in [2.05, 4.69) is 24.3 Å². The van der Waals surface area contributed by atoms with Crippen molar-refractivity contribution in [1.29, 1.82) is 0 Å². The van der Waals surface area contributed by atoms with Gasteiger partial charge in [0.05, 0.1) is 7.80 Å². The molecule has 0 heterocycles. The molecule has 1 aromatic rings. The van der Waals surface area contributed by atoms with E-state index in [1.54, 1.807) is 0 Å². The summed E-state index contributed by atoms with van der Waals surface area (Å²) in [5, 5.41) is 0. The summed E-state index contributed by atoms with van der Waals surface area (Å²) in [6, 6.07) is 10.4. The summed E-state index contributed by atoms with van der Waals surface area (Å²) < 4.78 is 12.2. The lowest BCUT2D eigenvalue weighted by Crippen LogP contribution is -2.09. The third-order valence-corrected chi connectivity index (χ3v) is 5.79. The van der Waals surface area contributed by atoms with Crippen LogP contribution in [-0.4, -0.2) is 11.8 Å². The van der Waals surface area contributed by atoms with Gasteiger partial charge in [0.15, 0.2) is 0 Å². The lowest BCUT2D eigenvalue weighted by Gasteiger charge is -2.21. The average Bonchev–Trinajstić information content (AvgIpc) is 2.38. The molecule has 0 aromatic heterocycles. The molecular formula is C14H21OP.